The van der Waals surface area contributed by atoms with Crippen molar-refractivity contribution in [3.63, 3.8) is 0 Å². The molecule has 0 spiro atoms. The Morgan fingerprint density at radius 2 is 1.81 bits per heavy atom. The van der Waals surface area contributed by atoms with Gasteiger partial charge in [-0.3, -0.25) is 0 Å². The highest BCUT2D eigenvalue weighted by atomic mass is 19.1. The zero-order valence-electron chi connectivity index (χ0n) is 18.9. The predicted molar refractivity (Wildman–Crippen MR) is 128 cm³/mol. The van der Waals surface area contributed by atoms with E-state index in [1.54, 1.807) is 12.1 Å². The molecular formula is C26H30FN5. The second-order valence-electron chi connectivity index (χ2n) is 8.63. The summed E-state index contributed by atoms with van der Waals surface area (Å²) in [5, 5.41) is 3.55. The first-order chi connectivity index (χ1) is 15.4. The number of hydrogen-bond acceptors (Lipinski definition) is 4. The van der Waals surface area contributed by atoms with Crippen LogP contribution in [0.3, 0.4) is 0 Å². The topological polar surface area (TPSA) is 59.1 Å². The van der Waals surface area contributed by atoms with Gasteiger partial charge in [0.1, 0.15) is 23.2 Å². The number of aryl methyl sites for hydroxylation is 1. The number of halogens is 1. The van der Waals surface area contributed by atoms with Crippen molar-refractivity contribution in [2.75, 3.05) is 11.9 Å². The number of aromatic nitrogens is 2. The molecule has 2 aromatic carbocycles. The van der Waals surface area contributed by atoms with Crippen LogP contribution in [0.4, 0.5) is 15.9 Å². The number of rotatable bonds is 6. The van der Waals surface area contributed by atoms with Crippen LogP contribution in [0, 0.1) is 18.7 Å². The number of imidazole rings is 1. The average Bonchev–Trinajstić information content (AvgIpc) is 3.14. The maximum atomic E-state index is 13.6. The van der Waals surface area contributed by atoms with Crippen molar-refractivity contribution in [1.82, 2.24) is 14.5 Å². The molecule has 0 saturated carbocycles. The molecule has 166 valence electrons. The van der Waals surface area contributed by atoms with E-state index >= 15 is 0 Å². The largest absolute Gasteiger partial charge is 0.358 e. The molecule has 1 aliphatic heterocycles. The van der Waals surface area contributed by atoms with Gasteiger partial charge in [-0.05, 0) is 49.2 Å². The van der Waals surface area contributed by atoms with Gasteiger partial charge in [0, 0.05) is 24.3 Å². The molecule has 1 atom stereocenters. The van der Waals surface area contributed by atoms with Crippen LogP contribution in [0.25, 0.3) is 11.3 Å². The highest BCUT2D eigenvalue weighted by molar-refractivity contribution is 5.76. The molecule has 5 nitrogen and oxygen atoms in total. The fraction of sp³-hybridized carbons (Fsp3) is 0.308. The lowest BCUT2D eigenvalue weighted by atomic mass is 10.0. The van der Waals surface area contributed by atoms with E-state index in [2.05, 4.69) is 72.1 Å². The van der Waals surface area contributed by atoms with Gasteiger partial charge in [-0.2, -0.15) is 0 Å². The van der Waals surface area contributed by atoms with Crippen molar-refractivity contribution < 1.29 is 4.39 Å². The number of nitrogens with zero attached hydrogens (tertiary/aromatic N) is 3. The van der Waals surface area contributed by atoms with Crippen molar-refractivity contribution in [2.45, 2.75) is 39.9 Å². The number of benzene rings is 2. The third-order valence-electron chi connectivity index (χ3n) is 5.96. The van der Waals surface area contributed by atoms with Crippen molar-refractivity contribution >= 4 is 11.5 Å². The number of nitrogens with two attached hydrogens (primary N) is 1. The van der Waals surface area contributed by atoms with Crippen molar-refractivity contribution in [3.8, 4) is 11.3 Å². The van der Waals surface area contributed by atoms with E-state index in [0.717, 1.165) is 47.4 Å². The molecule has 0 aliphatic carbocycles. The highest BCUT2D eigenvalue weighted by Gasteiger charge is 2.28. The molecule has 0 fully saturated rings. The Kier molecular flexibility index (Phi) is 6.17. The monoisotopic (exact) mass is 431 g/mol. The first-order valence-corrected chi connectivity index (χ1v) is 11.0. The fourth-order valence-electron chi connectivity index (χ4n) is 4.00. The molecule has 1 aromatic heterocycles. The minimum atomic E-state index is -0.264. The summed E-state index contributed by atoms with van der Waals surface area (Å²) in [7, 11) is 0. The van der Waals surface area contributed by atoms with E-state index in [-0.39, 0.29) is 17.8 Å². The molecular weight excluding hydrogens is 401 g/mol. The number of nitrogens with one attached hydrogen (secondary N) is 1. The van der Waals surface area contributed by atoms with E-state index < -0.39 is 0 Å². The molecule has 2 heterocycles. The minimum Gasteiger partial charge on any atom is -0.358 e. The van der Waals surface area contributed by atoms with Gasteiger partial charge in [0.05, 0.1) is 18.3 Å². The van der Waals surface area contributed by atoms with Crippen LogP contribution in [0.15, 0.2) is 66.5 Å². The Hall–Kier alpha value is -3.34. The second-order valence-corrected chi connectivity index (χ2v) is 8.63. The highest BCUT2D eigenvalue weighted by Crippen LogP contribution is 2.34. The summed E-state index contributed by atoms with van der Waals surface area (Å²) < 4.78 is 15.8. The molecule has 1 unspecified atom stereocenters. The summed E-state index contributed by atoms with van der Waals surface area (Å²) in [6.45, 7) is 12.3. The van der Waals surface area contributed by atoms with E-state index in [0.29, 0.717) is 6.54 Å². The molecule has 0 bridgehead atoms. The van der Waals surface area contributed by atoms with Gasteiger partial charge in [0.15, 0.2) is 0 Å². The Balaban J connectivity index is 1.73. The quantitative estimate of drug-likeness (QED) is 0.526. The Bertz CT molecular complexity index is 1140. The summed E-state index contributed by atoms with van der Waals surface area (Å²) in [4.78, 5) is 7.18. The lowest BCUT2D eigenvalue weighted by molar-refractivity contribution is 0.249. The van der Waals surface area contributed by atoms with Gasteiger partial charge >= 0.3 is 0 Å². The van der Waals surface area contributed by atoms with Gasteiger partial charge in [0.25, 0.3) is 0 Å². The molecule has 3 N–H and O–H groups in total. The van der Waals surface area contributed by atoms with Crippen molar-refractivity contribution in [2.24, 2.45) is 11.7 Å². The molecule has 0 saturated heterocycles. The lowest BCUT2D eigenvalue weighted by Crippen LogP contribution is -2.41. The molecule has 4 rings (SSSR count). The van der Waals surface area contributed by atoms with Crippen molar-refractivity contribution in [1.29, 1.82) is 0 Å². The first kappa shape index (κ1) is 21.9. The number of anilines is 2. The molecule has 1 aliphatic rings. The van der Waals surface area contributed by atoms with Gasteiger partial charge in [-0.25, -0.2) is 9.37 Å². The third-order valence-corrected chi connectivity index (χ3v) is 5.96. The Morgan fingerprint density at radius 3 is 2.44 bits per heavy atom. The van der Waals surface area contributed by atoms with E-state index in [1.165, 1.54) is 17.7 Å². The maximum absolute atomic E-state index is 13.6. The lowest BCUT2D eigenvalue weighted by Gasteiger charge is -2.34. The Labute approximate surface area is 189 Å². The second kappa shape index (κ2) is 9.03. The summed E-state index contributed by atoms with van der Waals surface area (Å²) >= 11 is 0. The van der Waals surface area contributed by atoms with Crippen LogP contribution >= 0.6 is 0 Å². The number of fused-ring (bicyclic) bond motifs is 1. The zero-order chi connectivity index (χ0) is 22.8. The first-order valence-electron chi connectivity index (χ1n) is 11.0. The van der Waals surface area contributed by atoms with Crippen LogP contribution in [0.2, 0.25) is 0 Å². The average molecular weight is 432 g/mol. The molecule has 3 aromatic rings. The van der Waals surface area contributed by atoms with E-state index in [1.807, 2.05) is 0 Å². The smallest absolute Gasteiger partial charge is 0.138 e. The van der Waals surface area contributed by atoms with Crippen LogP contribution in [-0.4, -0.2) is 27.0 Å². The van der Waals surface area contributed by atoms with Crippen LogP contribution in [-0.2, 0) is 13.1 Å². The SMILES string of the molecule is C=C=C(C(N)C(C)C)N1CCn2c(nc(-c3ccc(F)cc3)c2Nc2ccc(C)cc2)C1. The summed E-state index contributed by atoms with van der Waals surface area (Å²) in [5.74, 6) is 1.86. The standard InChI is InChI=1S/C26H30FN5/c1-5-22(24(28)17(2)3)31-14-15-32-23(16-31)30-25(19-8-10-20(27)11-9-19)26(32)29-21-12-6-18(4)7-13-21/h6-13,17,24,29H,1,14-16,28H2,2-4H3. The summed E-state index contributed by atoms with van der Waals surface area (Å²) in [6, 6.07) is 14.6. The van der Waals surface area contributed by atoms with Crippen molar-refractivity contribution in [3.05, 3.63) is 83.7 Å². The van der Waals surface area contributed by atoms with Crippen LogP contribution in [0.5, 0.6) is 0 Å². The normalized spacial score (nSPS) is 14.1. The summed E-state index contributed by atoms with van der Waals surface area (Å²) in [6.07, 6.45) is 0. The summed E-state index contributed by atoms with van der Waals surface area (Å²) in [5.41, 5.74) is 14.3. The molecule has 6 heteroatoms. The van der Waals surface area contributed by atoms with Gasteiger partial charge in [0.2, 0.25) is 0 Å². The van der Waals surface area contributed by atoms with Gasteiger partial charge < -0.3 is 20.5 Å². The van der Waals surface area contributed by atoms with E-state index in [4.69, 9.17) is 10.7 Å². The fourth-order valence-corrected chi connectivity index (χ4v) is 4.00. The number of hydrogen-bond donors (Lipinski definition) is 2. The van der Waals surface area contributed by atoms with E-state index in [9.17, 15) is 4.39 Å². The molecule has 32 heavy (non-hydrogen) atoms. The van der Waals surface area contributed by atoms with Gasteiger partial charge in [-0.15, -0.1) is 5.73 Å². The van der Waals surface area contributed by atoms with Crippen LogP contribution in [0.1, 0.15) is 25.2 Å². The molecule has 0 radical (unpaired) electrons. The van der Waals surface area contributed by atoms with Crippen LogP contribution < -0.4 is 11.1 Å². The Morgan fingerprint density at radius 1 is 1.12 bits per heavy atom. The van der Waals surface area contributed by atoms with Gasteiger partial charge in [-0.1, -0.05) is 38.1 Å². The minimum absolute atomic E-state index is 0.129. The maximum Gasteiger partial charge on any atom is 0.138 e. The third kappa shape index (κ3) is 4.33. The molecule has 0 amide bonds. The predicted octanol–water partition coefficient (Wildman–Crippen LogP) is 5.21. The zero-order valence-corrected chi connectivity index (χ0v) is 18.9.